The predicted octanol–water partition coefficient (Wildman–Crippen LogP) is 12.5. The second-order valence-electron chi connectivity index (χ2n) is 18.1. The van der Waals surface area contributed by atoms with Crippen LogP contribution < -0.4 is 5.11 Å². The van der Waals surface area contributed by atoms with E-state index >= 15 is 0 Å². The number of unbranched alkanes of at least 4 members (excludes halogenated alkanes) is 29. The molecule has 0 aromatic heterocycles. The first kappa shape index (κ1) is 56.1. The molecular weight excluding hydrogens is 727 g/mol. The number of nitrogens with zero attached hydrogens (tertiary/aromatic N) is 1. The highest BCUT2D eigenvalue weighted by molar-refractivity contribution is 5.70. The Hall–Kier alpha value is -1.93. The Morgan fingerprint density at radius 2 is 0.862 bits per heavy atom. The highest BCUT2D eigenvalue weighted by atomic mass is 16.6. The Bertz CT molecular complexity index is 962. The molecule has 2 unspecified atom stereocenters. The van der Waals surface area contributed by atoms with E-state index in [2.05, 4.69) is 26.0 Å². The van der Waals surface area contributed by atoms with E-state index in [1.165, 1.54) is 154 Å². The van der Waals surface area contributed by atoms with E-state index in [0.29, 0.717) is 12.8 Å². The monoisotopic (exact) mass is 822 g/mol. The van der Waals surface area contributed by atoms with E-state index in [1.54, 1.807) is 21.1 Å². The molecule has 8 heteroatoms. The van der Waals surface area contributed by atoms with E-state index in [9.17, 15) is 19.5 Å². The van der Waals surface area contributed by atoms with Crippen molar-refractivity contribution in [2.45, 2.75) is 251 Å². The summed E-state index contributed by atoms with van der Waals surface area (Å²) in [5.74, 6) is -1.74. The summed E-state index contributed by atoms with van der Waals surface area (Å²) < 4.78 is 17.2. The maximum Gasteiger partial charge on any atom is 0.306 e. The van der Waals surface area contributed by atoms with E-state index in [4.69, 9.17) is 14.2 Å². The zero-order chi connectivity index (χ0) is 42.8. The summed E-state index contributed by atoms with van der Waals surface area (Å²) in [7, 11) is 5.42. The van der Waals surface area contributed by atoms with Crippen molar-refractivity contribution < 1.29 is 38.2 Å². The average molecular weight is 822 g/mol. The Morgan fingerprint density at radius 3 is 1.26 bits per heavy atom. The molecule has 0 fully saturated rings. The summed E-state index contributed by atoms with van der Waals surface area (Å²) in [5, 5.41) is 11.6. The molecule has 0 aromatic rings. The fourth-order valence-corrected chi connectivity index (χ4v) is 7.54. The van der Waals surface area contributed by atoms with Crippen molar-refractivity contribution in [3.63, 3.8) is 0 Å². The Morgan fingerprint density at radius 1 is 0.500 bits per heavy atom. The van der Waals surface area contributed by atoms with E-state index in [1.807, 2.05) is 0 Å². The third-order valence-corrected chi connectivity index (χ3v) is 11.4. The number of hydrogen-bond donors (Lipinski definition) is 0. The van der Waals surface area contributed by atoms with Gasteiger partial charge in [0, 0.05) is 19.3 Å². The summed E-state index contributed by atoms with van der Waals surface area (Å²) in [4.78, 5) is 36.9. The average Bonchev–Trinajstić information content (AvgIpc) is 3.18. The fourth-order valence-electron chi connectivity index (χ4n) is 7.54. The van der Waals surface area contributed by atoms with Crippen molar-refractivity contribution in [1.29, 1.82) is 0 Å². The van der Waals surface area contributed by atoms with Crippen LogP contribution in [0.5, 0.6) is 0 Å². The number of carbonyl (C=O) groups excluding carboxylic acids is 3. The molecule has 0 N–H and O–H groups in total. The summed E-state index contributed by atoms with van der Waals surface area (Å²) in [6.07, 6.45) is 45.3. The number of carboxylic acid groups (broad SMARTS) is 1. The number of hydrogen-bond acceptors (Lipinski definition) is 7. The van der Waals surface area contributed by atoms with Gasteiger partial charge in [0.2, 0.25) is 0 Å². The zero-order valence-electron chi connectivity index (χ0n) is 39.0. The van der Waals surface area contributed by atoms with Gasteiger partial charge in [0.1, 0.15) is 12.6 Å². The van der Waals surface area contributed by atoms with Crippen LogP contribution in [0.2, 0.25) is 0 Å². The Labute approximate surface area is 359 Å². The third kappa shape index (κ3) is 39.5. The number of quaternary nitrogens is 1. The molecule has 8 nitrogen and oxygen atoms in total. The van der Waals surface area contributed by atoms with E-state index < -0.39 is 18.1 Å². The molecule has 0 radical (unpaired) electrons. The Balaban J connectivity index is 4.21. The highest BCUT2D eigenvalue weighted by Crippen LogP contribution is 2.16. The summed E-state index contributed by atoms with van der Waals surface area (Å²) in [6, 6.07) is -0.723. The summed E-state index contributed by atoms with van der Waals surface area (Å²) in [6.45, 7) is 4.68. The molecule has 2 atom stereocenters. The molecule has 58 heavy (non-hydrogen) atoms. The molecule has 0 heterocycles. The molecule has 0 rings (SSSR count). The van der Waals surface area contributed by atoms with Gasteiger partial charge in [-0.3, -0.25) is 9.59 Å². The minimum Gasteiger partial charge on any atom is -0.544 e. The van der Waals surface area contributed by atoms with Crippen LogP contribution in [0, 0.1) is 0 Å². The van der Waals surface area contributed by atoms with Gasteiger partial charge in [0.15, 0.2) is 6.10 Å². The fraction of sp³-hybridized carbons (Fsp3) is 0.900. The first-order valence-corrected chi connectivity index (χ1v) is 24.7. The minimum atomic E-state index is -1.12. The molecule has 0 saturated carbocycles. The highest BCUT2D eigenvalue weighted by Gasteiger charge is 2.25. The number of allylic oxidation sites excluding steroid dienone is 2. The number of ether oxygens (including phenoxy) is 3. The van der Waals surface area contributed by atoms with Gasteiger partial charge in [-0.2, -0.15) is 0 Å². The largest absolute Gasteiger partial charge is 0.544 e. The van der Waals surface area contributed by atoms with Crippen LogP contribution in [0.15, 0.2) is 12.2 Å². The number of carbonyl (C=O) groups is 3. The van der Waals surface area contributed by atoms with Crippen LogP contribution in [-0.4, -0.2) is 75.5 Å². The van der Waals surface area contributed by atoms with Gasteiger partial charge >= 0.3 is 11.9 Å². The molecule has 0 saturated heterocycles. The van der Waals surface area contributed by atoms with Crippen molar-refractivity contribution in [3.8, 4) is 0 Å². The van der Waals surface area contributed by atoms with Gasteiger partial charge in [-0.05, 0) is 38.5 Å². The first-order chi connectivity index (χ1) is 28.1. The van der Waals surface area contributed by atoms with E-state index in [-0.39, 0.29) is 42.7 Å². The summed E-state index contributed by atoms with van der Waals surface area (Å²) >= 11 is 0. The van der Waals surface area contributed by atoms with Gasteiger partial charge in [0.05, 0.1) is 40.3 Å². The first-order valence-electron chi connectivity index (χ1n) is 24.7. The smallest absolute Gasteiger partial charge is 0.306 e. The van der Waals surface area contributed by atoms with Crippen molar-refractivity contribution in [3.05, 3.63) is 12.2 Å². The summed E-state index contributed by atoms with van der Waals surface area (Å²) in [5.41, 5.74) is 0. The number of rotatable bonds is 45. The molecule has 0 aliphatic carbocycles. The van der Waals surface area contributed by atoms with Crippen LogP contribution >= 0.6 is 0 Å². The lowest BCUT2D eigenvalue weighted by atomic mass is 10.0. The number of esters is 2. The lowest BCUT2D eigenvalue weighted by Gasteiger charge is -2.34. The maximum atomic E-state index is 12.8. The lowest BCUT2D eigenvalue weighted by molar-refractivity contribution is -0.889. The molecule has 0 amide bonds. The van der Waals surface area contributed by atoms with Gasteiger partial charge < -0.3 is 28.6 Å². The van der Waals surface area contributed by atoms with Crippen molar-refractivity contribution >= 4 is 17.9 Å². The van der Waals surface area contributed by atoms with Crippen LogP contribution in [-0.2, 0) is 28.6 Å². The third-order valence-electron chi connectivity index (χ3n) is 11.4. The normalized spacial score (nSPS) is 12.9. The van der Waals surface area contributed by atoms with Crippen LogP contribution in [0.4, 0.5) is 0 Å². The van der Waals surface area contributed by atoms with Crippen molar-refractivity contribution in [1.82, 2.24) is 0 Å². The number of aliphatic carboxylic acids is 1. The van der Waals surface area contributed by atoms with Crippen molar-refractivity contribution in [2.24, 2.45) is 0 Å². The number of carboxylic acids is 1. The molecule has 342 valence electrons. The Kier molecular flexibility index (Phi) is 40.4. The molecule has 0 bridgehead atoms. The van der Waals surface area contributed by atoms with Crippen LogP contribution in [0.25, 0.3) is 0 Å². The molecule has 0 aliphatic heterocycles. The molecule has 0 spiro atoms. The van der Waals surface area contributed by atoms with Gasteiger partial charge in [-0.15, -0.1) is 0 Å². The quantitative estimate of drug-likeness (QED) is 0.0261. The molecular formula is C50H95NO7. The molecule has 0 aromatic carbocycles. The predicted molar refractivity (Wildman–Crippen MR) is 241 cm³/mol. The van der Waals surface area contributed by atoms with Gasteiger partial charge in [-0.1, -0.05) is 193 Å². The lowest BCUT2D eigenvalue weighted by Crippen LogP contribution is -2.55. The molecule has 0 aliphatic rings. The second kappa shape index (κ2) is 41.8. The minimum absolute atomic E-state index is 0.0420. The zero-order valence-corrected chi connectivity index (χ0v) is 39.0. The van der Waals surface area contributed by atoms with Crippen LogP contribution in [0.3, 0.4) is 0 Å². The SMILES string of the molecule is CCCCCCCC/C=C/CCCCCC(=O)OCC(COCCC(C(=O)[O-])[N+](C)(C)C)OC(=O)CCCCCCCCCCCCCCCCCCCCCCC. The number of likely N-dealkylation sites (N-methyl/N-ethyl adjacent to an activating group) is 1. The van der Waals surface area contributed by atoms with Crippen LogP contribution in [0.1, 0.15) is 239 Å². The topological polar surface area (TPSA) is 102 Å². The van der Waals surface area contributed by atoms with Gasteiger partial charge in [-0.25, -0.2) is 0 Å². The maximum absolute atomic E-state index is 12.8. The second-order valence-corrected chi connectivity index (χ2v) is 18.1. The van der Waals surface area contributed by atoms with Gasteiger partial charge in [0.25, 0.3) is 0 Å². The standard InChI is InChI=1S/C50H95NO7/c1-6-8-10-12-14-16-18-20-21-22-23-24-25-26-27-29-31-33-35-37-39-41-49(53)58-46(44-56-43-42-47(50(54)55)51(3,4)5)45-57-48(52)40-38-36-34-32-30-28-19-17-15-13-11-9-7-2/h28,30,46-47H,6-27,29,31-45H2,1-5H3/b30-28+. The van der Waals surface area contributed by atoms with Crippen molar-refractivity contribution in [2.75, 3.05) is 41.0 Å². The van der Waals surface area contributed by atoms with E-state index in [0.717, 1.165) is 51.4 Å².